The molecule has 1 rings (SSSR count). The van der Waals surface area contributed by atoms with Crippen molar-refractivity contribution < 1.29 is 7.49 Å². The molecule has 0 aliphatic heterocycles. The van der Waals surface area contributed by atoms with Gasteiger partial charge in [0.05, 0.1) is 0 Å². The Morgan fingerprint density at radius 2 is 2.29 bits per heavy atom. The van der Waals surface area contributed by atoms with Crippen molar-refractivity contribution in [2.75, 3.05) is 6.61 Å². The summed E-state index contributed by atoms with van der Waals surface area (Å²) in [6.07, 6.45) is 1.73. The molecular weight excluding hydrogens is 285 g/mol. The van der Waals surface area contributed by atoms with Crippen LogP contribution in [0.1, 0.15) is 32.6 Å². The van der Waals surface area contributed by atoms with Gasteiger partial charge in [-0.05, 0) is 0 Å². The molecule has 0 radical (unpaired) electrons. The van der Waals surface area contributed by atoms with Crippen molar-refractivity contribution in [2.45, 2.75) is 31.2 Å². The van der Waals surface area contributed by atoms with Crippen molar-refractivity contribution in [1.29, 1.82) is 0 Å². The molecule has 0 saturated heterocycles. The molecular formula is C10H18NO2Sn+. The Kier molecular flexibility index (Phi) is 4.98. The maximum atomic E-state index is 5.83. The minimum absolute atomic E-state index is 0.0254. The average Bonchev–Trinajstić information content (AvgIpc) is 2.62. The average molecular weight is 303 g/mol. The zero-order valence-corrected chi connectivity index (χ0v) is 11.9. The first-order chi connectivity index (χ1) is 6.70. The van der Waals surface area contributed by atoms with Gasteiger partial charge in [0.15, 0.2) is 0 Å². The van der Waals surface area contributed by atoms with Gasteiger partial charge in [-0.1, -0.05) is 0 Å². The quantitative estimate of drug-likeness (QED) is 0.840. The molecule has 1 aromatic rings. The molecule has 4 heteroatoms. The Morgan fingerprint density at radius 1 is 1.57 bits per heavy atom. The van der Waals surface area contributed by atoms with Crippen LogP contribution in [0.5, 0.6) is 0 Å². The summed E-state index contributed by atoms with van der Waals surface area (Å²) in [6.45, 7) is 6.97. The van der Waals surface area contributed by atoms with E-state index in [9.17, 15) is 0 Å². The molecule has 0 aliphatic carbocycles. The molecule has 0 saturated carbocycles. The summed E-state index contributed by atoms with van der Waals surface area (Å²) in [7, 11) is 0. The van der Waals surface area contributed by atoms with Crippen molar-refractivity contribution in [3.05, 3.63) is 18.1 Å². The van der Waals surface area contributed by atoms with E-state index >= 15 is 0 Å². The monoisotopic (exact) mass is 304 g/mol. The molecule has 1 atom stereocenters. The van der Waals surface area contributed by atoms with E-state index in [1.165, 1.54) is 3.58 Å². The zero-order valence-electron chi connectivity index (χ0n) is 9.04. The summed E-state index contributed by atoms with van der Waals surface area (Å²) in [5, 5.41) is 0. The second-order valence-corrected chi connectivity index (χ2v) is 9.99. The summed E-state index contributed by atoms with van der Waals surface area (Å²) in [4.78, 5) is 0. The van der Waals surface area contributed by atoms with Crippen molar-refractivity contribution in [3.8, 4) is 0 Å². The van der Waals surface area contributed by atoms with Gasteiger partial charge in [-0.3, -0.25) is 0 Å². The van der Waals surface area contributed by atoms with E-state index in [1.807, 2.05) is 19.9 Å². The third-order valence-electron chi connectivity index (χ3n) is 2.05. The van der Waals surface area contributed by atoms with Crippen LogP contribution in [0.25, 0.3) is 0 Å². The number of hydrogen-bond donors (Lipinski definition) is 1. The predicted molar refractivity (Wildman–Crippen MR) is 58.8 cm³/mol. The Labute approximate surface area is 92.9 Å². The van der Waals surface area contributed by atoms with Crippen LogP contribution in [0, 0.1) is 0 Å². The molecule has 1 heterocycles. The summed E-state index contributed by atoms with van der Waals surface area (Å²) in [5.74, 6) is 0.926. The predicted octanol–water partition coefficient (Wildman–Crippen LogP) is 1.55. The molecule has 3 nitrogen and oxygen atoms in total. The fourth-order valence-electron chi connectivity index (χ4n) is 1.45. The molecule has 0 amide bonds. The van der Waals surface area contributed by atoms with Crippen molar-refractivity contribution in [1.82, 2.24) is 0 Å². The van der Waals surface area contributed by atoms with Gasteiger partial charge in [-0.25, -0.2) is 0 Å². The van der Waals surface area contributed by atoms with Gasteiger partial charge in [0.2, 0.25) is 0 Å². The second-order valence-electron chi connectivity index (χ2n) is 3.20. The summed E-state index contributed by atoms with van der Waals surface area (Å²) < 4.78 is 13.6. The van der Waals surface area contributed by atoms with Crippen LogP contribution in [0.15, 0.2) is 16.7 Å². The standard InChI is InChI=1S/C6H8NO.C2H5O.C2H5.Sn/c1-5(7)6-3-2-4-8-6;1-2-3;1-2;/h2,4-5H,7H2,1H3;2H2,1H3;1H2,2H3;/q;-1;;+2. The van der Waals surface area contributed by atoms with Gasteiger partial charge in [0.25, 0.3) is 0 Å². The first-order valence-electron chi connectivity index (χ1n) is 5.02. The normalized spacial score (nSPS) is 12.9. The van der Waals surface area contributed by atoms with E-state index in [0.29, 0.717) is 0 Å². The Hall–Kier alpha value is -0.00130. The topological polar surface area (TPSA) is 48.4 Å². The summed E-state index contributed by atoms with van der Waals surface area (Å²) >= 11 is -1.88. The number of rotatable bonds is 5. The van der Waals surface area contributed by atoms with Crippen molar-refractivity contribution >= 4 is 23.8 Å². The van der Waals surface area contributed by atoms with Crippen molar-refractivity contribution in [3.63, 3.8) is 0 Å². The van der Waals surface area contributed by atoms with E-state index in [-0.39, 0.29) is 6.04 Å². The SMILES string of the molecule is CC[O][Sn+]([CH2]C)[c]1ccoc1C(C)N. The van der Waals surface area contributed by atoms with E-state index in [2.05, 4.69) is 6.92 Å². The number of nitrogens with two attached hydrogens (primary N) is 1. The van der Waals surface area contributed by atoms with Gasteiger partial charge >= 0.3 is 92.9 Å². The summed E-state index contributed by atoms with van der Waals surface area (Å²) in [6, 6.07) is 2.01. The van der Waals surface area contributed by atoms with Gasteiger partial charge in [0.1, 0.15) is 0 Å². The molecule has 0 spiro atoms. The van der Waals surface area contributed by atoms with Crippen LogP contribution in [0.2, 0.25) is 4.44 Å². The molecule has 2 N–H and O–H groups in total. The van der Waals surface area contributed by atoms with E-state index in [0.717, 1.165) is 16.8 Å². The number of hydrogen-bond acceptors (Lipinski definition) is 3. The van der Waals surface area contributed by atoms with Crippen LogP contribution in [-0.2, 0) is 3.07 Å². The molecule has 1 aromatic heterocycles. The van der Waals surface area contributed by atoms with Crippen LogP contribution in [0.4, 0.5) is 0 Å². The first kappa shape index (κ1) is 12.1. The zero-order chi connectivity index (χ0) is 10.6. The van der Waals surface area contributed by atoms with E-state index in [4.69, 9.17) is 13.2 Å². The Bertz CT molecular complexity index is 273. The van der Waals surface area contributed by atoms with E-state index in [1.54, 1.807) is 6.26 Å². The Balaban J connectivity index is 2.86. The maximum absolute atomic E-state index is 5.83. The minimum atomic E-state index is -1.88. The van der Waals surface area contributed by atoms with Gasteiger partial charge in [-0.2, -0.15) is 0 Å². The second kappa shape index (κ2) is 5.78. The van der Waals surface area contributed by atoms with Gasteiger partial charge in [-0.15, -0.1) is 0 Å². The van der Waals surface area contributed by atoms with Gasteiger partial charge in [0, 0.05) is 0 Å². The third kappa shape index (κ3) is 2.74. The fraction of sp³-hybridized carbons (Fsp3) is 0.600. The Morgan fingerprint density at radius 3 is 2.79 bits per heavy atom. The molecule has 0 fully saturated rings. The van der Waals surface area contributed by atoms with Gasteiger partial charge < -0.3 is 0 Å². The molecule has 78 valence electrons. The van der Waals surface area contributed by atoms with Crippen LogP contribution in [0.3, 0.4) is 0 Å². The first-order valence-corrected chi connectivity index (χ1v) is 9.63. The molecule has 1 unspecified atom stereocenters. The van der Waals surface area contributed by atoms with E-state index < -0.39 is 20.2 Å². The van der Waals surface area contributed by atoms with Crippen LogP contribution in [-0.4, -0.2) is 26.8 Å². The van der Waals surface area contributed by atoms with Crippen LogP contribution >= 0.6 is 0 Å². The van der Waals surface area contributed by atoms with Crippen molar-refractivity contribution in [2.24, 2.45) is 5.73 Å². The molecule has 0 aliphatic rings. The van der Waals surface area contributed by atoms with Crippen LogP contribution < -0.4 is 9.31 Å². The molecule has 0 aromatic carbocycles. The third-order valence-corrected chi connectivity index (χ3v) is 8.59. The molecule has 14 heavy (non-hydrogen) atoms. The fourth-order valence-corrected chi connectivity index (χ4v) is 6.88. The summed E-state index contributed by atoms with van der Waals surface area (Å²) in [5.41, 5.74) is 5.83. The number of furan rings is 1. The molecule has 0 bridgehead atoms.